The number of imide groups is 2. The van der Waals surface area contributed by atoms with Crippen LogP contribution in [0.1, 0.15) is 23.2 Å². The van der Waals surface area contributed by atoms with E-state index in [2.05, 4.69) is 0 Å². The van der Waals surface area contributed by atoms with E-state index in [0.717, 1.165) is 20.9 Å². The number of hydrazine groups is 1. The van der Waals surface area contributed by atoms with Crippen LogP contribution in [-0.2, 0) is 19.2 Å². The molecule has 4 saturated heterocycles. The summed E-state index contributed by atoms with van der Waals surface area (Å²) in [7, 11) is 0. The summed E-state index contributed by atoms with van der Waals surface area (Å²) >= 11 is 24.9. The highest BCUT2D eigenvalue weighted by Crippen LogP contribution is 2.59. The lowest BCUT2D eigenvalue weighted by atomic mass is 9.84. The first kappa shape index (κ1) is 29.6. The second-order valence-corrected chi connectivity index (χ2v) is 13.3. The highest BCUT2D eigenvalue weighted by molar-refractivity contribution is 6.43. The molecule has 0 bridgehead atoms. The number of rotatable bonds is 4. The third kappa shape index (κ3) is 4.15. The van der Waals surface area contributed by atoms with Gasteiger partial charge in [-0.1, -0.05) is 107 Å². The molecule has 230 valence electrons. The average molecular weight is 692 g/mol. The molecular weight excluding hydrogens is 670 g/mol. The summed E-state index contributed by atoms with van der Waals surface area (Å²) in [5.74, 6) is -3.59. The molecule has 0 aliphatic carbocycles. The Kier molecular flexibility index (Phi) is 7.03. The van der Waals surface area contributed by atoms with Crippen LogP contribution >= 0.6 is 46.4 Å². The fourth-order valence-corrected chi connectivity index (χ4v) is 8.14. The number of nitrogens with zero attached hydrogens (tertiary/aromatic N) is 4. The Hall–Kier alpha value is -3.76. The number of hydrogen-bond acceptors (Lipinski definition) is 6. The van der Waals surface area contributed by atoms with Crippen molar-refractivity contribution in [3.63, 3.8) is 0 Å². The first-order chi connectivity index (χ1) is 22.2. The Morgan fingerprint density at radius 1 is 0.413 bits per heavy atom. The van der Waals surface area contributed by atoms with Crippen LogP contribution in [0.2, 0.25) is 20.1 Å². The number of benzene rings is 4. The molecule has 12 heteroatoms. The van der Waals surface area contributed by atoms with E-state index in [-0.39, 0.29) is 20.1 Å². The van der Waals surface area contributed by atoms with E-state index in [4.69, 9.17) is 46.4 Å². The molecule has 4 aliphatic rings. The van der Waals surface area contributed by atoms with Crippen LogP contribution in [0.3, 0.4) is 0 Å². The summed E-state index contributed by atoms with van der Waals surface area (Å²) in [5.41, 5.74) is 2.06. The minimum absolute atomic E-state index is 0.203. The summed E-state index contributed by atoms with van der Waals surface area (Å²) in [6, 6.07) is 24.3. The lowest BCUT2D eigenvalue weighted by Gasteiger charge is -2.35. The van der Waals surface area contributed by atoms with Crippen molar-refractivity contribution in [3.8, 4) is 0 Å². The fraction of sp³-hybridized carbons (Fsp3) is 0.176. The molecule has 0 aromatic heterocycles. The van der Waals surface area contributed by atoms with Crippen molar-refractivity contribution in [2.24, 2.45) is 11.8 Å². The zero-order valence-corrected chi connectivity index (χ0v) is 26.7. The van der Waals surface area contributed by atoms with Crippen molar-refractivity contribution in [2.45, 2.75) is 24.2 Å². The molecule has 4 heterocycles. The maximum atomic E-state index is 14.5. The summed E-state index contributed by atoms with van der Waals surface area (Å²) in [5, 5.41) is 4.61. The zero-order valence-electron chi connectivity index (χ0n) is 23.6. The predicted molar refractivity (Wildman–Crippen MR) is 175 cm³/mol. The van der Waals surface area contributed by atoms with Crippen molar-refractivity contribution >= 4 is 81.4 Å². The van der Waals surface area contributed by atoms with Gasteiger partial charge >= 0.3 is 0 Å². The van der Waals surface area contributed by atoms with Crippen LogP contribution in [0.4, 0.5) is 11.4 Å². The molecule has 0 spiro atoms. The third-order valence-electron chi connectivity index (χ3n) is 9.33. The maximum absolute atomic E-state index is 14.5. The fourth-order valence-electron chi connectivity index (χ4n) is 7.56. The summed E-state index contributed by atoms with van der Waals surface area (Å²) < 4.78 is 0. The van der Waals surface area contributed by atoms with E-state index in [1.165, 1.54) is 24.3 Å². The van der Waals surface area contributed by atoms with Gasteiger partial charge in [0.25, 0.3) is 11.8 Å². The van der Waals surface area contributed by atoms with Crippen molar-refractivity contribution in [1.82, 2.24) is 10.0 Å². The Balaban J connectivity index is 1.32. The van der Waals surface area contributed by atoms with E-state index < -0.39 is 59.6 Å². The van der Waals surface area contributed by atoms with E-state index in [0.29, 0.717) is 11.4 Å². The molecule has 0 saturated carbocycles. The molecule has 4 amide bonds. The van der Waals surface area contributed by atoms with Gasteiger partial charge in [-0.2, -0.15) is 0 Å². The Labute approximate surface area is 283 Å². The van der Waals surface area contributed by atoms with Crippen LogP contribution in [0, 0.1) is 11.8 Å². The van der Waals surface area contributed by atoms with Crippen LogP contribution in [0.15, 0.2) is 97.1 Å². The van der Waals surface area contributed by atoms with Gasteiger partial charge in [-0.15, -0.1) is 0 Å². The van der Waals surface area contributed by atoms with Gasteiger partial charge in [0.15, 0.2) is 0 Å². The summed E-state index contributed by atoms with van der Waals surface area (Å²) in [4.78, 5) is 60.1. The quantitative estimate of drug-likeness (QED) is 0.221. The van der Waals surface area contributed by atoms with Gasteiger partial charge in [-0.3, -0.25) is 19.2 Å². The van der Waals surface area contributed by atoms with Gasteiger partial charge in [0.1, 0.15) is 12.1 Å². The molecule has 4 aromatic carbocycles. The first-order valence-electron chi connectivity index (χ1n) is 14.5. The van der Waals surface area contributed by atoms with Gasteiger partial charge in [-0.25, -0.2) is 19.8 Å². The number of halogens is 4. The molecule has 0 N–H and O–H groups in total. The molecule has 46 heavy (non-hydrogen) atoms. The Bertz CT molecular complexity index is 1820. The van der Waals surface area contributed by atoms with E-state index in [1.807, 2.05) is 70.7 Å². The second kappa shape index (κ2) is 10.9. The lowest BCUT2D eigenvalue weighted by molar-refractivity contribution is -0.136. The van der Waals surface area contributed by atoms with Crippen molar-refractivity contribution < 1.29 is 19.2 Å². The van der Waals surface area contributed by atoms with Gasteiger partial charge in [0.05, 0.1) is 55.4 Å². The molecule has 4 aromatic rings. The van der Waals surface area contributed by atoms with Crippen LogP contribution < -0.4 is 9.80 Å². The highest BCUT2D eigenvalue weighted by Gasteiger charge is 2.73. The van der Waals surface area contributed by atoms with E-state index in [1.54, 1.807) is 12.1 Å². The monoisotopic (exact) mass is 690 g/mol. The topological polar surface area (TPSA) is 81.2 Å². The van der Waals surface area contributed by atoms with Crippen LogP contribution in [-0.4, -0.2) is 45.7 Å². The minimum Gasteiger partial charge on any atom is -0.274 e. The SMILES string of the molecule is O=C1[C@H]2[C@H](C(=O)N1c1ccc(Cl)c(Cl)c1)N1[C@@H](c3ccccc3)[C@H]3C(=O)N(c4ccc(Cl)c(Cl)c4)C(=O)[C@H]3N1[C@H]2c1ccccc1. The van der Waals surface area contributed by atoms with Crippen molar-refractivity contribution in [3.05, 3.63) is 128 Å². The summed E-state index contributed by atoms with van der Waals surface area (Å²) in [6.45, 7) is 0. The lowest BCUT2D eigenvalue weighted by Crippen LogP contribution is -2.50. The maximum Gasteiger partial charge on any atom is 0.253 e. The zero-order chi connectivity index (χ0) is 32.0. The molecule has 4 fully saturated rings. The molecule has 0 radical (unpaired) electrons. The molecule has 0 unspecified atom stereocenters. The Morgan fingerprint density at radius 2 is 0.783 bits per heavy atom. The first-order valence-corrected chi connectivity index (χ1v) is 16.0. The number of amides is 4. The van der Waals surface area contributed by atoms with Gasteiger partial charge in [0.2, 0.25) is 11.8 Å². The number of anilines is 2. The third-order valence-corrected chi connectivity index (χ3v) is 10.8. The second-order valence-electron chi connectivity index (χ2n) is 11.6. The average Bonchev–Trinajstić information content (AvgIpc) is 3.72. The normalized spacial score (nSPS) is 27.5. The minimum atomic E-state index is -0.998. The summed E-state index contributed by atoms with van der Waals surface area (Å²) in [6.07, 6.45) is 0. The van der Waals surface area contributed by atoms with Gasteiger partial charge < -0.3 is 0 Å². The standard InChI is InChI=1S/C34H22Cl4N4O4/c35-21-13-11-19(15-23(21)37)39-31(43)25-27(17-7-3-1-4-8-17)41-30-26(28(18-9-5-2-6-10-18)42(41)29(25)33(39)45)32(44)40(34(30)46)20-12-14-22(36)24(38)16-20/h1-16,25-30H/t25-,26-,27+,28+,29-,30+/m1/s1. The van der Waals surface area contributed by atoms with Crippen LogP contribution in [0.25, 0.3) is 0 Å². The molecule has 4 aliphatic heterocycles. The molecular formula is C34H22Cl4N4O4. The van der Waals surface area contributed by atoms with Crippen molar-refractivity contribution in [2.75, 3.05) is 9.80 Å². The molecule has 8 nitrogen and oxygen atoms in total. The Morgan fingerprint density at radius 3 is 1.13 bits per heavy atom. The van der Waals surface area contributed by atoms with Gasteiger partial charge in [0, 0.05) is 0 Å². The number of carbonyl (C=O) groups excluding carboxylic acids is 4. The largest absolute Gasteiger partial charge is 0.274 e. The number of carbonyl (C=O) groups is 4. The predicted octanol–water partition coefficient (Wildman–Crippen LogP) is 6.75. The van der Waals surface area contributed by atoms with E-state index in [9.17, 15) is 19.2 Å². The number of hydrogen-bond donors (Lipinski definition) is 0. The van der Waals surface area contributed by atoms with Crippen LogP contribution in [0.5, 0.6) is 0 Å². The molecule has 6 atom stereocenters. The molecule has 8 rings (SSSR count). The van der Waals surface area contributed by atoms with Gasteiger partial charge in [-0.05, 0) is 47.5 Å². The smallest absolute Gasteiger partial charge is 0.253 e. The highest BCUT2D eigenvalue weighted by atomic mass is 35.5. The van der Waals surface area contributed by atoms with Crippen molar-refractivity contribution in [1.29, 1.82) is 0 Å². The number of fused-ring (bicyclic) bond motifs is 5. The van der Waals surface area contributed by atoms with E-state index >= 15 is 0 Å².